The van der Waals surface area contributed by atoms with E-state index in [4.69, 9.17) is 0 Å². The topological polar surface area (TPSA) is 95.9 Å². The molecule has 8 nitrogen and oxygen atoms in total. The fourth-order valence-electron chi connectivity index (χ4n) is 4.58. The Kier molecular flexibility index (Phi) is 4.43. The second-order valence-electron chi connectivity index (χ2n) is 7.87. The molecule has 0 unspecified atom stereocenters. The Morgan fingerprint density at radius 2 is 1.93 bits per heavy atom. The summed E-state index contributed by atoms with van der Waals surface area (Å²) < 4.78 is 2.22. The molecule has 2 aromatic heterocycles. The predicted molar refractivity (Wildman–Crippen MR) is 109 cm³/mol. The molecule has 0 atom stereocenters. The fourth-order valence-corrected chi connectivity index (χ4v) is 4.58. The van der Waals surface area contributed by atoms with Crippen molar-refractivity contribution in [3.8, 4) is 0 Å². The molecule has 2 N–H and O–H groups in total. The average Bonchev–Trinajstić information content (AvgIpc) is 3.18. The maximum absolute atomic E-state index is 13.2. The van der Waals surface area contributed by atoms with Crippen LogP contribution in [0.1, 0.15) is 46.3 Å². The number of amides is 1. The number of nitrogens with one attached hydrogen (secondary N) is 2. The van der Waals surface area contributed by atoms with Crippen LogP contribution in [0.5, 0.6) is 0 Å². The second kappa shape index (κ2) is 7.11. The summed E-state index contributed by atoms with van der Waals surface area (Å²) in [6.07, 6.45) is 1.67. The van der Waals surface area contributed by atoms with E-state index < -0.39 is 0 Å². The van der Waals surface area contributed by atoms with Crippen LogP contribution in [0.25, 0.3) is 10.9 Å². The highest BCUT2D eigenvalue weighted by Crippen LogP contribution is 2.29. The van der Waals surface area contributed by atoms with Crippen LogP contribution in [0.4, 0.5) is 0 Å². The number of aromatic amines is 1. The van der Waals surface area contributed by atoms with Crippen molar-refractivity contribution in [1.29, 1.82) is 0 Å². The first-order valence-corrected chi connectivity index (χ1v) is 10.2. The van der Waals surface area contributed by atoms with Crippen LogP contribution < -0.4 is 10.9 Å². The molecule has 1 amide bonds. The lowest BCUT2D eigenvalue weighted by Crippen LogP contribution is -2.41. The fraction of sp³-hybridized carbons (Fsp3) is 0.429. The summed E-state index contributed by atoms with van der Waals surface area (Å²) in [6, 6.07) is 7.59. The SMILES string of the molecule is Cc1c(C(=O)N2CCC(c3nnc4n3CCNC4)CC2)c(=O)[nH]c2ccccc12. The highest BCUT2D eigenvalue weighted by Gasteiger charge is 2.30. The van der Waals surface area contributed by atoms with Gasteiger partial charge in [0.05, 0.1) is 6.54 Å². The lowest BCUT2D eigenvalue weighted by atomic mass is 9.94. The molecule has 0 saturated carbocycles. The van der Waals surface area contributed by atoms with Crippen LogP contribution in [-0.2, 0) is 13.1 Å². The quantitative estimate of drug-likeness (QED) is 0.690. The van der Waals surface area contributed by atoms with Gasteiger partial charge >= 0.3 is 0 Å². The number of pyridine rings is 1. The number of rotatable bonds is 2. The Morgan fingerprint density at radius 1 is 1.14 bits per heavy atom. The van der Waals surface area contributed by atoms with Gasteiger partial charge in [0.1, 0.15) is 17.2 Å². The van der Waals surface area contributed by atoms with Crippen molar-refractivity contribution >= 4 is 16.8 Å². The van der Waals surface area contributed by atoms with Gasteiger partial charge in [0.25, 0.3) is 11.5 Å². The van der Waals surface area contributed by atoms with E-state index in [-0.39, 0.29) is 17.0 Å². The standard InChI is InChI=1S/C21H24N6O2/c1-13-15-4-2-3-5-16(15)23-20(28)18(13)21(29)26-9-6-14(7-10-26)19-25-24-17-12-22-8-11-27(17)19/h2-5,14,22H,6-12H2,1H3,(H,23,28). The minimum atomic E-state index is -0.313. The summed E-state index contributed by atoms with van der Waals surface area (Å²) in [5.41, 5.74) is 1.45. The molecule has 2 aliphatic heterocycles. The number of hydrogen-bond acceptors (Lipinski definition) is 5. The largest absolute Gasteiger partial charge is 0.338 e. The van der Waals surface area contributed by atoms with Crippen LogP contribution in [-0.4, -0.2) is 50.2 Å². The number of carbonyl (C=O) groups is 1. The van der Waals surface area contributed by atoms with Crippen LogP contribution in [0, 0.1) is 6.92 Å². The number of aryl methyl sites for hydroxylation is 1. The molecule has 1 saturated heterocycles. The Labute approximate surface area is 167 Å². The highest BCUT2D eigenvalue weighted by molar-refractivity contribution is 5.99. The molecular formula is C21H24N6O2. The zero-order chi connectivity index (χ0) is 20.0. The van der Waals surface area contributed by atoms with Crippen molar-refractivity contribution in [2.24, 2.45) is 0 Å². The molecule has 0 bridgehead atoms. The van der Waals surface area contributed by atoms with Crippen LogP contribution in [0.15, 0.2) is 29.1 Å². The third kappa shape index (κ3) is 3.04. The summed E-state index contributed by atoms with van der Waals surface area (Å²) in [6.45, 7) is 5.68. The maximum Gasteiger partial charge on any atom is 0.261 e. The molecule has 150 valence electrons. The van der Waals surface area contributed by atoms with Crippen molar-refractivity contribution in [2.75, 3.05) is 19.6 Å². The zero-order valence-electron chi connectivity index (χ0n) is 16.4. The third-order valence-corrected chi connectivity index (χ3v) is 6.19. The van der Waals surface area contributed by atoms with Gasteiger partial charge in [0, 0.05) is 43.0 Å². The molecule has 8 heteroatoms. The second-order valence-corrected chi connectivity index (χ2v) is 7.87. The van der Waals surface area contributed by atoms with Gasteiger partial charge in [-0.15, -0.1) is 10.2 Å². The Morgan fingerprint density at radius 3 is 2.76 bits per heavy atom. The first-order valence-electron chi connectivity index (χ1n) is 10.2. The Hall–Kier alpha value is -3.00. The maximum atomic E-state index is 13.2. The third-order valence-electron chi connectivity index (χ3n) is 6.19. The van der Waals surface area contributed by atoms with E-state index in [0.717, 1.165) is 60.6 Å². The molecule has 2 aliphatic rings. The molecule has 0 spiro atoms. The molecule has 3 aromatic rings. The summed E-state index contributed by atoms with van der Waals surface area (Å²) in [5.74, 6) is 2.14. The number of fused-ring (bicyclic) bond motifs is 2. The number of likely N-dealkylation sites (tertiary alicyclic amines) is 1. The minimum Gasteiger partial charge on any atom is -0.338 e. The van der Waals surface area contributed by atoms with Crippen molar-refractivity contribution in [2.45, 2.75) is 38.8 Å². The van der Waals surface area contributed by atoms with E-state index >= 15 is 0 Å². The number of nitrogens with zero attached hydrogens (tertiary/aromatic N) is 4. The first kappa shape index (κ1) is 18.1. The van der Waals surface area contributed by atoms with Crippen LogP contribution >= 0.6 is 0 Å². The van der Waals surface area contributed by atoms with Gasteiger partial charge in [0.2, 0.25) is 0 Å². The lowest BCUT2D eigenvalue weighted by Gasteiger charge is -2.32. The van der Waals surface area contributed by atoms with Gasteiger partial charge in [-0.05, 0) is 31.4 Å². The molecule has 1 fully saturated rings. The normalized spacial score (nSPS) is 17.5. The van der Waals surface area contributed by atoms with Crippen LogP contribution in [0.3, 0.4) is 0 Å². The van der Waals surface area contributed by atoms with Gasteiger partial charge in [-0.3, -0.25) is 9.59 Å². The molecule has 0 aliphatic carbocycles. The minimum absolute atomic E-state index is 0.180. The number of H-pyrrole nitrogens is 1. The van der Waals surface area contributed by atoms with E-state index in [1.165, 1.54) is 0 Å². The number of carbonyl (C=O) groups excluding carboxylic acids is 1. The Bertz CT molecular complexity index is 1140. The van der Waals surface area contributed by atoms with E-state index in [1.807, 2.05) is 31.2 Å². The van der Waals surface area contributed by atoms with Gasteiger partial charge < -0.3 is 19.8 Å². The summed E-state index contributed by atoms with van der Waals surface area (Å²) in [5, 5.41) is 13.0. The van der Waals surface area contributed by atoms with E-state index in [9.17, 15) is 9.59 Å². The molecule has 29 heavy (non-hydrogen) atoms. The number of aromatic nitrogens is 4. The lowest BCUT2D eigenvalue weighted by molar-refractivity contribution is 0.0707. The molecule has 1 aromatic carbocycles. The van der Waals surface area contributed by atoms with Gasteiger partial charge in [-0.2, -0.15) is 0 Å². The van der Waals surface area contributed by atoms with Gasteiger partial charge in [0.15, 0.2) is 0 Å². The summed E-state index contributed by atoms with van der Waals surface area (Å²) in [4.78, 5) is 30.5. The van der Waals surface area contributed by atoms with Gasteiger partial charge in [-0.25, -0.2) is 0 Å². The van der Waals surface area contributed by atoms with E-state index in [0.29, 0.717) is 19.0 Å². The number of hydrogen-bond donors (Lipinski definition) is 2. The van der Waals surface area contributed by atoms with Crippen molar-refractivity contribution in [3.05, 3.63) is 57.4 Å². The number of piperidine rings is 1. The Balaban J connectivity index is 1.36. The van der Waals surface area contributed by atoms with Crippen molar-refractivity contribution < 1.29 is 4.79 Å². The molecular weight excluding hydrogens is 368 g/mol. The average molecular weight is 392 g/mol. The monoisotopic (exact) mass is 392 g/mol. The predicted octanol–water partition coefficient (Wildman–Crippen LogP) is 1.55. The highest BCUT2D eigenvalue weighted by atomic mass is 16.2. The van der Waals surface area contributed by atoms with Crippen LogP contribution in [0.2, 0.25) is 0 Å². The van der Waals surface area contributed by atoms with Crippen molar-refractivity contribution in [1.82, 2.24) is 30.0 Å². The smallest absolute Gasteiger partial charge is 0.261 e. The van der Waals surface area contributed by atoms with Gasteiger partial charge in [-0.1, -0.05) is 18.2 Å². The molecule has 0 radical (unpaired) electrons. The summed E-state index contributed by atoms with van der Waals surface area (Å²) in [7, 11) is 0. The number of benzene rings is 1. The summed E-state index contributed by atoms with van der Waals surface area (Å²) >= 11 is 0. The first-order chi connectivity index (χ1) is 14.1. The number of para-hydroxylation sites is 1. The van der Waals surface area contributed by atoms with Crippen molar-refractivity contribution in [3.63, 3.8) is 0 Å². The zero-order valence-corrected chi connectivity index (χ0v) is 16.4. The molecule has 4 heterocycles. The van der Waals surface area contributed by atoms with E-state index in [1.54, 1.807) is 4.90 Å². The molecule has 5 rings (SSSR count). The van der Waals surface area contributed by atoms with E-state index in [2.05, 4.69) is 25.1 Å².